The van der Waals surface area contributed by atoms with Crippen LogP contribution in [0, 0.1) is 0 Å². The molecule has 7 heteroatoms. The van der Waals surface area contributed by atoms with E-state index < -0.39 is 0 Å². The SMILES string of the molecule is COc1ccc(CCNC(=O)c2ccc(NCCN3CCOCC3)cn2)cc1. The van der Waals surface area contributed by atoms with Crippen molar-refractivity contribution in [1.82, 2.24) is 15.2 Å². The zero-order valence-corrected chi connectivity index (χ0v) is 16.3. The third-order valence-electron chi connectivity index (χ3n) is 4.72. The lowest BCUT2D eigenvalue weighted by Gasteiger charge is -2.26. The standard InChI is InChI=1S/C21H28N4O3/c1-27-19-5-2-17(3-6-19)8-9-23-21(26)20-7-4-18(16-24-20)22-10-11-25-12-14-28-15-13-25/h2-7,16,22H,8-15H2,1H3,(H,23,26). The van der Waals surface area contributed by atoms with Gasteiger partial charge in [-0.2, -0.15) is 0 Å². The summed E-state index contributed by atoms with van der Waals surface area (Å²) < 4.78 is 10.5. The Hall–Kier alpha value is -2.64. The maximum absolute atomic E-state index is 12.2. The molecule has 2 heterocycles. The fourth-order valence-corrected chi connectivity index (χ4v) is 3.02. The Bertz CT molecular complexity index is 728. The molecule has 3 rings (SSSR count). The maximum Gasteiger partial charge on any atom is 0.269 e. The molecule has 1 aromatic carbocycles. The quantitative estimate of drug-likeness (QED) is 0.687. The van der Waals surface area contributed by atoms with Crippen LogP contribution in [0.25, 0.3) is 0 Å². The van der Waals surface area contributed by atoms with Gasteiger partial charge in [0.15, 0.2) is 0 Å². The molecule has 1 fully saturated rings. The average molecular weight is 384 g/mol. The van der Waals surface area contributed by atoms with Crippen molar-refractivity contribution < 1.29 is 14.3 Å². The molecule has 1 saturated heterocycles. The third-order valence-corrected chi connectivity index (χ3v) is 4.72. The summed E-state index contributed by atoms with van der Waals surface area (Å²) in [5.41, 5.74) is 2.49. The van der Waals surface area contributed by atoms with Gasteiger partial charge in [-0.25, -0.2) is 4.98 Å². The number of carbonyl (C=O) groups is 1. The van der Waals surface area contributed by atoms with Crippen molar-refractivity contribution in [2.24, 2.45) is 0 Å². The van der Waals surface area contributed by atoms with Crippen LogP contribution in [0.5, 0.6) is 5.75 Å². The molecule has 1 aliphatic heterocycles. The monoisotopic (exact) mass is 384 g/mol. The molecule has 2 aromatic rings. The minimum Gasteiger partial charge on any atom is -0.497 e. The zero-order valence-electron chi connectivity index (χ0n) is 16.3. The van der Waals surface area contributed by atoms with Gasteiger partial charge in [-0.15, -0.1) is 0 Å². The molecule has 0 saturated carbocycles. The van der Waals surface area contributed by atoms with Gasteiger partial charge in [-0.3, -0.25) is 9.69 Å². The molecule has 28 heavy (non-hydrogen) atoms. The molecule has 1 amide bonds. The summed E-state index contributed by atoms with van der Waals surface area (Å²) in [4.78, 5) is 18.9. The summed E-state index contributed by atoms with van der Waals surface area (Å²) in [5, 5.41) is 6.26. The van der Waals surface area contributed by atoms with E-state index in [-0.39, 0.29) is 5.91 Å². The Kier molecular flexibility index (Phi) is 7.63. The number of carbonyl (C=O) groups excluding carboxylic acids is 1. The summed E-state index contributed by atoms with van der Waals surface area (Å²) in [6.45, 7) is 5.96. The van der Waals surface area contributed by atoms with Crippen LogP contribution in [0.2, 0.25) is 0 Å². The Labute approximate surface area is 166 Å². The van der Waals surface area contributed by atoms with Crippen molar-refractivity contribution in [1.29, 1.82) is 0 Å². The van der Waals surface area contributed by atoms with Crippen molar-refractivity contribution in [3.63, 3.8) is 0 Å². The first-order chi connectivity index (χ1) is 13.7. The highest BCUT2D eigenvalue weighted by atomic mass is 16.5. The minimum atomic E-state index is -0.159. The van der Waals surface area contributed by atoms with Crippen LogP contribution in [0.3, 0.4) is 0 Å². The second kappa shape index (κ2) is 10.6. The second-order valence-corrected chi connectivity index (χ2v) is 6.67. The molecule has 0 radical (unpaired) electrons. The van der Waals surface area contributed by atoms with Gasteiger partial charge >= 0.3 is 0 Å². The van der Waals surface area contributed by atoms with Crippen molar-refractivity contribution in [3.05, 3.63) is 53.9 Å². The summed E-state index contributed by atoms with van der Waals surface area (Å²) in [7, 11) is 1.65. The molecule has 1 aromatic heterocycles. The third kappa shape index (κ3) is 6.21. The Morgan fingerprint density at radius 2 is 1.93 bits per heavy atom. The minimum absolute atomic E-state index is 0.159. The van der Waals surface area contributed by atoms with Gasteiger partial charge in [-0.05, 0) is 36.2 Å². The van der Waals surface area contributed by atoms with Crippen molar-refractivity contribution in [2.75, 3.05) is 58.4 Å². The molecule has 7 nitrogen and oxygen atoms in total. The highest BCUT2D eigenvalue weighted by molar-refractivity contribution is 5.92. The molecule has 0 spiro atoms. The summed E-state index contributed by atoms with van der Waals surface area (Å²) in [6.07, 6.45) is 2.47. The first-order valence-electron chi connectivity index (χ1n) is 9.66. The molecule has 150 valence electrons. The smallest absolute Gasteiger partial charge is 0.269 e. The summed E-state index contributed by atoms with van der Waals surface area (Å²) >= 11 is 0. The lowest BCUT2D eigenvalue weighted by molar-refractivity contribution is 0.0398. The number of rotatable bonds is 9. The number of nitrogens with zero attached hydrogens (tertiary/aromatic N) is 2. The number of hydrogen-bond acceptors (Lipinski definition) is 6. The number of aromatic nitrogens is 1. The normalized spacial score (nSPS) is 14.5. The molecule has 0 aliphatic carbocycles. The van der Waals surface area contributed by atoms with Crippen LogP contribution < -0.4 is 15.4 Å². The lowest BCUT2D eigenvalue weighted by atomic mass is 10.1. The highest BCUT2D eigenvalue weighted by Gasteiger charge is 2.10. The number of ether oxygens (including phenoxy) is 2. The first kappa shape index (κ1) is 20.1. The topological polar surface area (TPSA) is 75.7 Å². The fraction of sp³-hybridized carbons (Fsp3) is 0.429. The Morgan fingerprint density at radius 3 is 2.61 bits per heavy atom. The van der Waals surface area contributed by atoms with Gasteiger partial charge in [0.05, 0.1) is 32.2 Å². The predicted molar refractivity (Wildman–Crippen MR) is 109 cm³/mol. The zero-order chi connectivity index (χ0) is 19.6. The fourth-order valence-electron chi connectivity index (χ4n) is 3.02. The van der Waals surface area contributed by atoms with E-state index in [1.54, 1.807) is 19.4 Å². The highest BCUT2D eigenvalue weighted by Crippen LogP contribution is 2.11. The van der Waals surface area contributed by atoms with Crippen LogP contribution in [0.4, 0.5) is 5.69 Å². The molecule has 0 atom stereocenters. The van der Waals surface area contributed by atoms with Gasteiger partial charge in [0.1, 0.15) is 11.4 Å². The van der Waals surface area contributed by atoms with Crippen molar-refractivity contribution in [2.45, 2.75) is 6.42 Å². The molecule has 2 N–H and O–H groups in total. The lowest BCUT2D eigenvalue weighted by Crippen LogP contribution is -2.39. The van der Waals surface area contributed by atoms with Gasteiger partial charge < -0.3 is 20.1 Å². The molecular formula is C21H28N4O3. The Balaban J connectivity index is 1.37. The first-order valence-corrected chi connectivity index (χ1v) is 9.66. The summed E-state index contributed by atoms with van der Waals surface area (Å²) in [5.74, 6) is 0.670. The second-order valence-electron chi connectivity index (χ2n) is 6.67. The number of benzene rings is 1. The van der Waals surface area contributed by atoms with E-state index in [9.17, 15) is 4.79 Å². The van der Waals surface area contributed by atoms with Gasteiger partial charge in [0.2, 0.25) is 0 Å². The number of morpholine rings is 1. The molecule has 0 unspecified atom stereocenters. The average Bonchev–Trinajstić information content (AvgIpc) is 2.75. The number of amides is 1. The predicted octanol–water partition coefficient (Wildman–Crippen LogP) is 1.81. The number of pyridine rings is 1. The Morgan fingerprint density at radius 1 is 1.14 bits per heavy atom. The van der Waals surface area contributed by atoms with E-state index in [1.807, 2.05) is 30.3 Å². The van der Waals surface area contributed by atoms with E-state index in [4.69, 9.17) is 9.47 Å². The van der Waals surface area contributed by atoms with E-state index in [0.717, 1.165) is 62.8 Å². The number of methoxy groups -OCH3 is 1. The van der Waals surface area contributed by atoms with Crippen LogP contribution in [-0.2, 0) is 11.2 Å². The van der Waals surface area contributed by atoms with Crippen LogP contribution in [-0.4, -0.2) is 68.8 Å². The number of anilines is 1. The van der Waals surface area contributed by atoms with E-state index in [1.165, 1.54) is 0 Å². The maximum atomic E-state index is 12.2. The van der Waals surface area contributed by atoms with Crippen LogP contribution >= 0.6 is 0 Å². The van der Waals surface area contributed by atoms with Crippen LogP contribution in [0.15, 0.2) is 42.6 Å². The van der Waals surface area contributed by atoms with Crippen molar-refractivity contribution in [3.8, 4) is 5.75 Å². The van der Waals surface area contributed by atoms with Gasteiger partial charge in [-0.1, -0.05) is 12.1 Å². The van der Waals surface area contributed by atoms with Gasteiger partial charge in [0, 0.05) is 32.7 Å². The van der Waals surface area contributed by atoms with E-state index in [2.05, 4.69) is 20.5 Å². The van der Waals surface area contributed by atoms with E-state index >= 15 is 0 Å². The molecular weight excluding hydrogens is 356 g/mol. The number of hydrogen-bond donors (Lipinski definition) is 2. The largest absolute Gasteiger partial charge is 0.497 e. The van der Waals surface area contributed by atoms with Gasteiger partial charge in [0.25, 0.3) is 5.91 Å². The molecule has 0 bridgehead atoms. The summed E-state index contributed by atoms with van der Waals surface area (Å²) in [6, 6.07) is 11.5. The van der Waals surface area contributed by atoms with Crippen molar-refractivity contribution >= 4 is 11.6 Å². The van der Waals surface area contributed by atoms with Crippen LogP contribution in [0.1, 0.15) is 16.1 Å². The molecule has 1 aliphatic rings. The van der Waals surface area contributed by atoms with E-state index in [0.29, 0.717) is 12.2 Å². The number of nitrogens with one attached hydrogen (secondary N) is 2.